The van der Waals surface area contributed by atoms with Gasteiger partial charge in [-0.15, -0.1) is 0 Å². The first kappa shape index (κ1) is 16.4. The topological polar surface area (TPSA) is 104 Å². The lowest BCUT2D eigenvalue weighted by Gasteiger charge is -2.51. The van der Waals surface area contributed by atoms with Gasteiger partial charge in [-0.2, -0.15) is 5.10 Å². The summed E-state index contributed by atoms with van der Waals surface area (Å²) in [5.74, 6) is 0. The Bertz CT molecular complexity index is 609. The lowest BCUT2D eigenvalue weighted by molar-refractivity contribution is -0.108. The van der Waals surface area contributed by atoms with Crippen LogP contribution >= 0.6 is 0 Å². The summed E-state index contributed by atoms with van der Waals surface area (Å²) in [6.07, 6.45) is 0.686. The highest BCUT2D eigenvalue weighted by molar-refractivity contribution is 7.89. The van der Waals surface area contributed by atoms with Crippen molar-refractivity contribution in [2.75, 3.05) is 6.61 Å². The van der Waals surface area contributed by atoms with Crippen molar-refractivity contribution in [3.05, 3.63) is 11.3 Å². The van der Waals surface area contributed by atoms with Crippen LogP contribution in [-0.4, -0.2) is 42.5 Å². The molecule has 0 amide bonds. The van der Waals surface area contributed by atoms with Crippen molar-refractivity contribution >= 4 is 10.0 Å². The molecule has 0 radical (unpaired) electrons. The molecule has 8 heteroatoms. The lowest BCUT2D eigenvalue weighted by atomic mass is 9.65. The van der Waals surface area contributed by atoms with Gasteiger partial charge in [0, 0.05) is 29.3 Å². The van der Waals surface area contributed by atoms with E-state index >= 15 is 0 Å². The molecular weight excluding hydrogens is 294 g/mol. The molecule has 120 valence electrons. The van der Waals surface area contributed by atoms with Crippen molar-refractivity contribution in [3.63, 3.8) is 0 Å². The third kappa shape index (κ3) is 2.85. The van der Waals surface area contributed by atoms with Gasteiger partial charge in [-0.25, -0.2) is 13.1 Å². The smallest absolute Gasteiger partial charge is 0.260 e. The zero-order valence-electron chi connectivity index (χ0n) is 12.8. The number of rotatable bonds is 6. The van der Waals surface area contributed by atoms with Crippen LogP contribution in [0.15, 0.2) is 5.03 Å². The Morgan fingerprint density at radius 1 is 1.52 bits per heavy atom. The maximum absolute atomic E-state index is 12.4. The SMILES string of the molecule is CCOC1CC(NS(=O)(=O)c2n[nH]c(C)c2CO)C1(C)C. The summed E-state index contributed by atoms with van der Waals surface area (Å²) < 4.78 is 33.1. The van der Waals surface area contributed by atoms with E-state index in [1.165, 1.54) is 0 Å². The Hall–Kier alpha value is -0.960. The minimum absolute atomic E-state index is 0.0495. The molecule has 3 N–H and O–H groups in total. The summed E-state index contributed by atoms with van der Waals surface area (Å²) in [4.78, 5) is 0. The van der Waals surface area contributed by atoms with Gasteiger partial charge in [0.25, 0.3) is 10.0 Å². The van der Waals surface area contributed by atoms with Crippen molar-refractivity contribution in [1.82, 2.24) is 14.9 Å². The van der Waals surface area contributed by atoms with Gasteiger partial charge in [0.2, 0.25) is 0 Å². The standard InChI is InChI=1S/C13H23N3O4S/c1-5-20-11-6-10(13(11,3)4)16-21(18,19)12-9(7-17)8(2)14-15-12/h10-11,16-17H,5-7H2,1-4H3,(H,14,15). The Morgan fingerprint density at radius 2 is 2.19 bits per heavy atom. The molecule has 0 saturated heterocycles. The average Bonchev–Trinajstić information content (AvgIpc) is 2.79. The van der Waals surface area contributed by atoms with Gasteiger partial charge >= 0.3 is 0 Å². The largest absolute Gasteiger partial charge is 0.392 e. The van der Waals surface area contributed by atoms with Gasteiger partial charge < -0.3 is 9.84 Å². The molecule has 1 aromatic rings. The highest BCUT2D eigenvalue weighted by Crippen LogP contribution is 2.43. The second kappa shape index (κ2) is 5.68. The quantitative estimate of drug-likeness (QED) is 0.716. The van der Waals surface area contributed by atoms with Gasteiger partial charge in [-0.1, -0.05) is 13.8 Å². The van der Waals surface area contributed by atoms with Crippen LogP contribution in [0.25, 0.3) is 0 Å². The van der Waals surface area contributed by atoms with Gasteiger partial charge in [0.1, 0.15) is 0 Å². The fourth-order valence-electron chi connectivity index (χ4n) is 2.65. The third-order valence-corrected chi connectivity index (χ3v) is 5.73. The van der Waals surface area contributed by atoms with Crippen molar-refractivity contribution in [2.24, 2.45) is 5.41 Å². The zero-order valence-corrected chi connectivity index (χ0v) is 13.6. The summed E-state index contributed by atoms with van der Waals surface area (Å²) in [6.45, 7) is 7.80. The predicted molar refractivity (Wildman–Crippen MR) is 77.2 cm³/mol. The molecule has 7 nitrogen and oxygen atoms in total. The van der Waals surface area contributed by atoms with Crippen LogP contribution in [0, 0.1) is 12.3 Å². The van der Waals surface area contributed by atoms with E-state index in [1.54, 1.807) is 6.92 Å². The number of aryl methyl sites for hydroxylation is 1. The number of aliphatic hydroxyl groups excluding tert-OH is 1. The number of aromatic nitrogens is 2. The minimum Gasteiger partial charge on any atom is -0.392 e. The average molecular weight is 317 g/mol. The number of hydrogen-bond donors (Lipinski definition) is 3. The van der Waals surface area contributed by atoms with Crippen LogP contribution in [-0.2, 0) is 21.4 Å². The van der Waals surface area contributed by atoms with Crippen LogP contribution in [0.4, 0.5) is 0 Å². The fraction of sp³-hybridized carbons (Fsp3) is 0.769. The molecule has 2 atom stereocenters. The number of aliphatic hydroxyl groups is 1. The number of nitrogens with zero attached hydrogens (tertiary/aromatic N) is 1. The van der Waals surface area contributed by atoms with Crippen LogP contribution in [0.3, 0.4) is 0 Å². The first-order valence-corrected chi connectivity index (χ1v) is 8.51. The van der Waals surface area contributed by atoms with E-state index in [-0.39, 0.29) is 29.2 Å². The zero-order chi connectivity index (χ0) is 15.8. The van der Waals surface area contributed by atoms with E-state index < -0.39 is 10.0 Å². The summed E-state index contributed by atoms with van der Waals surface area (Å²) in [5, 5.41) is 15.6. The molecular formula is C13H23N3O4S. The predicted octanol–water partition coefficient (Wildman–Crippen LogP) is 0.692. The second-order valence-corrected chi connectivity index (χ2v) is 7.59. The summed E-state index contributed by atoms with van der Waals surface area (Å²) in [6, 6.07) is -0.206. The molecule has 1 fully saturated rings. The lowest BCUT2D eigenvalue weighted by Crippen LogP contribution is -2.62. The Balaban J connectivity index is 2.16. The molecule has 21 heavy (non-hydrogen) atoms. The molecule has 2 unspecified atom stereocenters. The molecule has 2 rings (SSSR count). The van der Waals surface area contributed by atoms with Crippen LogP contribution in [0.2, 0.25) is 0 Å². The third-order valence-electron chi connectivity index (χ3n) is 4.29. The Kier molecular flexibility index (Phi) is 4.44. The highest BCUT2D eigenvalue weighted by Gasteiger charge is 2.50. The van der Waals surface area contributed by atoms with E-state index in [1.807, 2.05) is 20.8 Å². The summed E-state index contributed by atoms with van der Waals surface area (Å²) in [7, 11) is -3.76. The number of sulfonamides is 1. The molecule has 0 aromatic carbocycles. The van der Waals surface area contributed by atoms with Gasteiger partial charge in [-0.05, 0) is 20.3 Å². The minimum atomic E-state index is -3.76. The molecule has 0 bridgehead atoms. The molecule has 0 spiro atoms. The number of H-pyrrole nitrogens is 1. The molecule has 1 aliphatic carbocycles. The van der Waals surface area contributed by atoms with E-state index in [9.17, 15) is 13.5 Å². The first-order valence-electron chi connectivity index (χ1n) is 7.02. The van der Waals surface area contributed by atoms with Crippen molar-refractivity contribution < 1.29 is 18.3 Å². The van der Waals surface area contributed by atoms with Crippen molar-refractivity contribution in [2.45, 2.75) is 57.9 Å². The summed E-state index contributed by atoms with van der Waals surface area (Å²) >= 11 is 0. The Labute approximate surface area is 125 Å². The molecule has 1 heterocycles. The maximum atomic E-state index is 12.4. The van der Waals surface area contributed by atoms with Crippen molar-refractivity contribution in [1.29, 1.82) is 0 Å². The maximum Gasteiger partial charge on any atom is 0.260 e. The van der Waals surface area contributed by atoms with E-state index in [2.05, 4.69) is 14.9 Å². The second-order valence-electron chi connectivity index (χ2n) is 5.97. The van der Waals surface area contributed by atoms with Gasteiger partial charge in [-0.3, -0.25) is 5.10 Å². The number of ether oxygens (including phenoxy) is 1. The van der Waals surface area contributed by atoms with Crippen LogP contribution in [0.1, 0.15) is 38.4 Å². The molecule has 1 aromatic heterocycles. The van der Waals surface area contributed by atoms with Gasteiger partial charge in [0.15, 0.2) is 5.03 Å². The normalized spacial score (nSPS) is 24.8. The molecule has 0 aliphatic heterocycles. The van der Waals surface area contributed by atoms with E-state index in [0.717, 1.165) is 0 Å². The highest BCUT2D eigenvalue weighted by atomic mass is 32.2. The monoisotopic (exact) mass is 317 g/mol. The van der Waals surface area contributed by atoms with Crippen molar-refractivity contribution in [3.8, 4) is 0 Å². The number of nitrogens with one attached hydrogen (secondary N) is 2. The van der Waals surface area contributed by atoms with E-state index in [0.29, 0.717) is 24.3 Å². The van der Waals surface area contributed by atoms with E-state index in [4.69, 9.17) is 4.74 Å². The number of aromatic amines is 1. The Morgan fingerprint density at radius 3 is 2.71 bits per heavy atom. The van der Waals surface area contributed by atoms with Gasteiger partial charge in [0.05, 0.1) is 12.7 Å². The molecule has 1 saturated carbocycles. The fourth-order valence-corrected chi connectivity index (χ4v) is 4.25. The first-order chi connectivity index (χ1) is 9.74. The van der Waals surface area contributed by atoms with Crippen LogP contribution < -0.4 is 4.72 Å². The number of hydrogen-bond acceptors (Lipinski definition) is 5. The summed E-state index contributed by atoms with van der Waals surface area (Å²) in [5.41, 5.74) is 0.590. The van der Waals surface area contributed by atoms with Crippen LogP contribution in [0.5, 0.6) is 0 Å². The molecule has 1 aliphatic rings.